The Bertz CT molecular complexity index is 665. The van der Waals surface area contributed by atoms with Crippen molar-refractivity contribution in [1.29, 1.82) is 0 Å². The van der Waals surface area contributed by atoms with Crippen molar-refractivity contribution < 1.29 is 0 Å². The molecule has 2 N–H and O–H groups in total. The number of aromatic nitrogens is 3. The van der Waals surface area contributed by atoms with Gasteiger partial charge in [-0.2, -0.15) is 0 Å². The Morgan fingerprint density at radius 3 is 2.79 bits per heavy atom. The van der Waals surface area contributed by atoms with Gasteiger partial charge in [0.25, 0.3) is 0 Å². The summed E-state index contributed by atoms with van der Waals surface area (Å²) in [7, 11) is 0. The van der Waals surface area contributed by atoms with Gasteiger partial charge in [0.05, 0.1) is 10.6 Å². The van der Waals surface area contributed by atoms with Crippen LogP contribution in [0.2, 0.25) is 0 Å². The maximum Gasteiger partial charge on any atom is 0.161 e. The van der Waals surface area contributed by atoms with E-state index < -0.39 is 0 Å². The van der Waals surface area contributed by atoms with Crippen LogP contribution in [0.25, 0.3) is 22.0 Å². The van der Waals surface area contributed by atoms with E-state index in [0.29, 0.717) is 12.4 Å². The molecule has 0 radical (unpaired) electrons. The van der Waals surface area contributed by atoms with Gasteiger partial charge in [-0.15, -0.1) is 11.3 Å². The average Bonchev–Trinajstić information content (AvgIpc) is 3.01. The monoisotopic (exact) mass is 268 g/mol. The lowest BCUT2D eigenvalue weighted by Gasteiger charge is -2.07. The Morgan fingerprint density at radius 1 is 1.16 bits per heavy atom. The molecule has 19 heavy (non-hydrogen) atoms. The van der Waals surface area contributed by atoms with Crippen molar-refractivity contribution in [2.75, 3.05) is 0 Å². The third kappa shape index (κ3) is 2.38. The first kappa shape index (κ1) is 12.0. The number of rotatable bonds is 3. The van der Waals surface area contributed by atoms with E-state index in [2.05, 4.69) is 15.0 Å². The van der Waals surface area contributed by atoms with E-state index >= 15 is 0 Å². The molecule has 0 atom stereocenters. The number of pyridine rings is 1. The molecule has 5 heteroatoms. The Hall–Kier alpha value is -2.11. The van der Waals surface area contributed by atoms with Gasteiger partial charge in [0.2, 0.25) is 0 Å². The first-order chi connectivity index (χ1) is 9.38. The topological polar surface area (TPSA) is 64.7 Å². The molecular weight excluding hydrogens is 256 g/mol. The lowest BCUT2D eigenvalue weighted by atomic mass is 10.2. The second-order valence-corrected chi connectivity index (χ2v) is 4.94. The molecule has 94 valence electrons. The molecule has 4 nitrogen and oxygen atoms in total. The minimum atomic E-state index is 0.431. The fourth-order valence-corrected chi connectivity index (χ4v) is 2.57. The summed E-state index contributed by atoms with van der Waals surface area (Å²) in [6.07, 6.45) is 5.29. The van der Waals surface area contributed by atoms with E-state index in [1.54, 1.807) is 29.9 Å². The Kier molecular flexibility index (Phi) is 3.31. The third-order valence-corrected chi connectivity index (χ3v) is 3.64. The molecule has 0 unspecified atom stereocenters. The number of thiophene rings is 1. The smallest absolute Gasteiger partial charge is 0.161 e. The quantitative estimate of drug-likeness (QED) is 0.793. The van der Waals surface area contributed by atoms with Crippen molar-refractivity contribution in [3.8, 4) is 22.0 Å². The molecule has 3 aromatic rings. The van der Waals surface area contributed by atoms with Crippen molar-refractivity contribution >= 4 is 11.3 Å². The maximum absolute atomic E-state index is 5.76. The number of hydrogen-bond donors (Lipinski definition) is 1. The van der Waals surface area contributed by atoms with Crippen molar-refractivity contribution in [2.45, 2.75) is 6.54 Å². The van der Waals surface area contributed by atoms with Crippen LogP contribution in [0.3, 0.4) is 0 Å². The predicted molar refractivity (Wildman–Crippen MR) is 76.5 cm³/mol. The summed E-state index contributed by atoms with van der Waals surface area (Å²) in [6.45, 7) is 0.431. The van der Waals surface area contributed by atoms with E-state index in [9.17, 15) is 0 Å². The number of nitrogens with two attached hydrogens (primary N) is 1. The summed E-state index contributed by atoms with van der Waals surface area (Å²) in [5.74, 6) is 0.675. The summed E-state index contributed by atoms with van der Waals surface area (Å²) in [4.78, 5) is 14.2. The highest BCUT2D eigenvalue weighted by Gasteiger charge is 2.10. The van der Waals surface area contributed by atoms with E-state index in [4.69, 9.17) is 5.73 Å². The van der Waals surface area contributed by atoms with Gasteiger partial charge in [0.15, 0.2) is 5.82 Å². The molecular formula is C14H12N4S. The molecule has 3 aromatic heterocycles. The molecule has 0 spiro atoms. The number of nitrogens with zero attached hydrogens (tertiary/aromatic N) is 3. The molecule has 0 amide bonds. The summed E-state index contributed by atoms with van der Waals surface area (Å²) < 4.78 is 0. The second kappa shape index (κ2) is 5.26. The van der Waals surface area contributed by atoms with Crippen molar-refractivity contribution in [3.05, 3.63) is 53.8 Å². The van der Waals surface area contributed by atoms with Crippen molar-refractivity contribution in [2.24, 2.45) is 5.73 Å². The summed E-state index contributed by atoms with van der Waals surface area (Å²) in [6, 6.07) is 7.87. The van der Waals surface area contributed by atoms with E-state index in [1.165, 1.54) is 0 Å². The summed E-state index contributed by atoms with van der Waals surface area (Å²) in [5, 5.41) is 2.03. The molecule has 0 fully saturated rings. The van der Waals surface area contributed by atoms with Crippen molar-refractivity contribution in [1.82, 2.24) is 15.0 Å². The third-order valence-electron chi connectivity index (χ3n) is 2.76. The van der Waals surface area contributed by atoms with Crippen molar-refractivity contribution in [3.63, 3.8) is 0 Å². The van der Waals surface area contributed by atoms with Gasteiger partial charge in [-0.05, 0) is 23.6 Å². The molecule has 0 saturated carbocycles. The molecule has 0 aliphatic rings. The first-order valence-corrected chi connectivity index (χ1v) is 6.76. The molecule has 3 heterocycles. The minimum Gasteiger partial charge on any atom is -0.326 e. The van der Waals surface area contributed by atoms with E-state index in [0.717, 1.165) is 21.7 Å². The molecule has 0 aromatic carbocycles. The first-order valence-electron chi connectivity index (χ1n) is 5.89. The zero-order valence-corrected chi connectivity index (χ0v) is 11.0. The molecule has 0 aliphatic carbocycles. The van der Waals surface area contributed by atoms with Gasteiger partial charge in [0.1, 0.15) is 0 Å². The highest BCUT2D eigenvalue weighted by atomic mass is 32.1. The van der Waals surface area contributed by atoms with E-state index in [1.807, 2.05) is 29.6 Å². The van der Waals surface area contributed by atoms with Gasteiger partial charge in [0, 0.05) is 36.3 Å². The fourth-order valence-electron chi connectivity index (χ4n) is 1.82. The van der Waals surface area contributed by atoms with Crippen LogP contribution in [-0.4, -0.2) is 15.0 Å². The average molecular weight is 268 g/mol. The zero-order valence-electron chi connectivity index (χ0n) is 10.2. The second-order valence-electron chi connectivity index (χ2n) is 3.99. The Morgan fingerprint density at radius 2 is 2.11 bits per heavy atom. The lowest BCUT2D eigenvalue weighted by molar-refractivity contribution is 1.02. The van der Waals surface area contributed by atoms with Crippen LogP contribution >= 0.6 is 11.3 Å². The molecule has 0 aliphatic heterocycles. The van der Waals surface area contributed by atoms with Crippen LogP contribution in [0.5, 0.6) is 0 Å². The van der Waals surface area contributed by atoms with Gasteiger partial charge in [-0.1, -0.05) is 6.07 Å². The fraction of sp³-hybridized carbons (Fsp3) is 0.0714. The van der Waals surface area contributed by atoms with Crippen LogP contribution < -0.4 is 5.73 Å². The lowest BCUT2D eigenvalue weighted by Crippen LogP contribution is -2.03. The van der Waals surface area contributed by atoms with Gasteiger partial charge in [-0.3, -0.25) is 4.98 Å². The van der Waals surface area contributed by atoms with Gasteiger partial charge in [-0.25, -0.2) is 9.97 Å². The van der Waals surface area contributed by atoms with E-state index in [-0.39, 0.29) is 0 Å². The Labute approximate surface area is 115 Å². The van der Waals surface area contributed by atoms with Crippen LogP contribution in [0, 0.1) is 0 Å². The van der Waals surface area contributed by atoms with Gasteiger partial charge >= 0.3 is 0 Å². The Balaban J connectivity index is 2.13. The zero-order chi connectivity index (χ0) is 13.1. The largest absolute Gasteiger partial charge is 0.326 e. The van der Waals surface area contributed by atoms with Crippen LogP contribution in [0.4, 0.5) is 0 Å². The minimum absolute atomic E-state index is 0.431. The highest BCUT2D eigenvalue weighted by Crippen LogP contribution is 2.27. The summed E-state index contributed by atoms with van der Waals surface area (Å²) >= 11 is 1.65. The summed E-state index contributed by atoms with van der Waals surface area (Å²) in [5.41, 5.74) is 8.53. The molecule has 3 rings (SSSR count). The van der Waals surface area contributed by atoms with Crippen LogP contribution in [0.15, 0.2) is 48.2 Å². The molecule has 0 saturated heterocycles. The van der Waals surface area contributed by atoms with Crippen LogP contribution in [-0.2, 0) is 6.54 Å². The molecule has 0 bridgehead atoms. The van der Waals surface area contributed by atoms with Crippen LogP contribution in [0.1, 0.15) is 5.56 Å². The standard InChI is InChI=1S/C14H12N4S/c15-7-11-9-17-14(10-3-1-5-16-8-10)18-13(11)12-4-2-6-19-12/h1-6,8-9H,7,15H2. The van der Waals surface area contributed by atoms with Gasteiger partial charge < -0.3 is 5.73 Å². The maximum atomic E-state index is 5.76. The normalized spacial score (nSPS) is 10.6. The highest BCUT2D eigenvalue weighted by molar-refractivity contribution is 7.13. The number of hydrogen-bond acceptors (Lipinski definition) is 5. The SMILES string of the molecule is NCc1cnc(-c2cccnc2)nc1-c1cccs1. The predicted octanol–water partition coefficient (Wildman–Crippen LogP) is 2.73.